The molecule has 4 aromatic rings. The van der Waals surface area contributed by atoms with Crippen molar-refractivity contribution in [2.45, 2.75) is 56.9 Å². The van der Waals surface area contributed by atoms with Crippen molar-refractivity contribution in [2.24, 2.45) is 0 Å². The van der Waals surface area contributed by atoms with Gasteiger partial charge in [0.15, 0.2) is 11.3 Å². The van der Waals surface area contributed by atoms with E-state index in [2.05, 4.69) is 9.97 Å². The number of rotatable bonds is 10. The highest BCUT2D eigenvalue weighted by Gasteiger charge is 2.28. The fraction of sp³-hybridized carbons (Fsp3) is 0.393. The molecule has 0 spiro atoms. The van der Waals surface area contributed by atoms with Crippen molar-refractivity contribution in [3.05, 3.63) is 76.0 Å². The number of aryl methyl sites for hydroxylation is 1. The Bertz CT molecular complexity index is 1630. The van der Waals surface area contributed by atoms with Crippen molar-refractivity contribution >= 4 is 15.5 Å². The van der Waals surface area contributed by atoms with Gasteiger partial charge in [0, 0.05) is 19.0 Å². The van der Waals surface area contributed by atoms with Crippen LogP contribution in [0.5, 0.6) is 5.75 Å². The SMILES string of the molecule is CCOc1ccc(S(=O)(=O)N(CCO)Cc2ccccc2)cc1-c1nn2c(C3CCCC3)nc(C)c2c(=O)[nH]1. The van der Waals surface area contributed by atoms with Gasteiger partial charge in [-0.25, -0.2) is 17.9 Å². The summed E-state index contributed by atoms with van der Waals surface area (Å²) in [5.41, 5.74) is 1.80. The van der Waals surface area contributed by atoms with Gasteiger partial charge in [-0.1, -0.05) is 43.2 Å². The van der Waals surface area contributed by atoms with Crippen LogP contribution in [0.4, 0.5) is 0 Å². The molecule has 2 heterocycles. The number of benzene rings is 2. The maximum atomic E-state index is 13.8. The average Bonchev–Trinajstić information content (AvgIpc) is 3.57. The van der Waals surface area contributed by atoms with E-state index in [-0.39, 0.29) is 41.9 Å². The molecule has 0 unspecified atom stereocenters. The molecular weight excluding hydrogens is 518 g/mol. The molecule has 10 nitrogen and oxygen atoms in total. The van der Waals surface area contributed by atoms with E-state index in [0.717, 1.165) is 37.1 Å². The van der Waals surface area contributed by atoms with Gasteiger partial charge in [-0.2, -0.15) is 4.31 Å². The van der Waals surface area contributed by atoms with E-state index in [4.69, 9.17) is 9.84 Å². The summed E-state index contributed by atoms with van der Waals surface area (Å²) in [4.78, 5) is 20.7. The molecule has 1 saturated carbocycles. The second-order valence-electron chi connectivity index (χ2n) is 9.74. The van der Waals surface area contributed by atoms with Gasteiger partial charge >= 0.3 is 0 Å². The van der Waals surface area contributed by atoms with Gasteiger partial charge in [0.1, 0.15) is 11.6 Å². The number of nitrogens with zero attached hydrogens (tertiary/aromatic N) is 4. The second kappa shape index (κ2) is 11.3. The number of aromatic amines is 1. The first-order valence-electron chi connectivity index (χ1n) is 13.2. The maximum Gasteiger partial charge on any atom is 0.277 e. The Labute approximate surface area is 227 Å². The molecule has 0 amide bonds. The molecule has 206 valence electrons. The smallest absolute Gasteiger partial charge is 0.277 e. The standard InChI is InChI=1S/C28H33N5O5S/c1-3-38-24-14-13-22(39(36,37)32(15-16-34)18-20-9-5-4-6-10-20)17-23(24)26-30-28(35)25-19(2)29-27(33(25)31-26)21-11-7-8-12-21/h4-6,9-10,13-14,17,21,34H,3,7-8,11-12,15-16,18H2,1-2H3,(H,30,31,35). The van der Waals surface area contributed by atoms with Crippen LogP contribution in [-0.2, 0) is 16.6 Å². The normalized spacial score (nSPS) is 14.5. The minimum atomic E-state index is -4.01. The highest BCUT2D eigenvalue weighted by atomic mass is 32.2. The van der Waals surface area contributed by atoms with Crippen molar-refractivity contribution in [2.75, 3.05) is 19.8 Å². The Kier molecular flexibility index (Phi) is 7.83. The van der Waals surface area contributed by atoms with Crippen LogP contribution < -0.4 is 10.3 Å². The van der Waals surface area contributed by atoms with Crippen LogP contribution in [0.2, 0.25) is 0 Å². The van der Waals surface area contributed by atoms with Crippen molar-refractivity contribution in [3.8, 4) is 17.1 Å². The number of aromatic nitrogens is 4. The largest absolute Gasteiger partial charge is 0.493 e. The lowest BCUT2D eigenvalue weighted by atomic mass is 10.1. The molecule has 1 fully saturated rings. The third-order valence-electron chi connectivity index (χ3n) is 7.12. The Morgan fingerprint density at radius 3 is 2.59 bits per heavy atom. The third-order valence-corrected chi connectivity index (χ3v) is 8.96. The number of imidazole rings is 1. The minimum absolute atomic E-state index is 0.00547. The number of fused-ring (bicyclic) bond motifs is 1. The van der Waals surface area contributed by atoms with Crippen LogP contribution in [0.3, 0.4) is 0 Å². The Morgan fingerprint density at radius 2 is 1.90 bits per heavy atom. The summed E-state index contributed by atoms with van der Waals surface area (Å²) < 4.78 is 36.2. The number of H-pyrrole nitrogens is 1. The van der Waals surface area contributed by atoms with Gasteiger partial charge in [0.2, 0.25) is 10.0 Å². The zero-order valence-corrected chi connectivity index (χ0v) is 22.9. The number of aliphatic hydroxyl groups is 1. The number of nitrogens with one attached hydrogen (secondary N) is 1. The predicted molar refractivity (Wildman–Crippen MR) is 147 cm³/mol. The summed E-state index contributed by atoms with van der Waals surface area (Å²) in [5.74, 6) is 1.57. The number of hydrogen-bond acceptors (Lipinski definition) is 7. The zero-order chi connectivity index (χ0) is 27.6. The number of ether oxygens (including phenoxy) is 1. The molecule has 5 rings (SSSR count). The lowest BCUT2D eigenvalue weighted by Crippen LogP contribution is -2.33. The molecular formula is C28H33N5O5S. The Balaban J connectivity index is 1.62. The molecule has 11 heteroatoms. The average molecular weight is 552 g/mol. The first kappa shape index (κ1) is 27.0. The molecule has 2 aromatic heterocycles. The van der Waals surface area contributed by atoms with Crippen LogP contribution in [0.25, 0.3) is 16.9 Å². The van der Waals surface area contributed by atoms with Gasteiger partial charge in [-0.05, 0) is 50.5 Å². The molecule has 1 aliphatic rings. The van der Waals surface area contributed by atoms with Crippen LogP contribution in [0.15, 0.2) is 58.2 Å². The molecule has 39 heavy (non-hydrogen) atoms. The molecule has 0 aliphatic heterocycles. The van der Waals surface area contributed by atoms with Gasteiger partial charge in [-0.3, -0.25) is 4.79 Å². The van der Waals surface area contributed by atoms with Gasteiger partial charge < -0.3 is 14.8 Å². The van der Waals surface area contributed by atoms with Crippen LogP contribution >= 0.6 is 0 Å². The lowest BCUT2D eigenvalue weighted by molar-refractivity contribution is 0.251. The quantitative estimate of drug-likeness (QED) is 0.308. The van der Waals surface area contributed by atoms with E-state index in [9.17, 15) is 18.3 Å². The maximum absolute atomic E-state index is 13.8. The van der Waals surface area contributed by atoms with Gasteiger partial charge in [-0.15, -0.1) is 5.10 Å². The monoisotopic (exact) mass is 551 g/mol. The number of hydrogen-bond donors (Lipinski definition) is 2. The highest BCUT2D eigenvalue weighted by molar-refractivity contribution is 7.89. The summed E-state index contributed by atoms with van der Waals surface area (Å²) in [6, 6.07) is 13.7. The van der Waals surface area contributed by atoms with E-state index >= 15 is 0 Å². The summed E-state index contributed by atoms with van der Waals surface area (Å²) in [7, 11) is -4.01. The topological polar surface area (TPSA) is 130 Å². The van der Waals surface area contributed by atoms with Crippen molar-refractivity contribution in [1.29, 1.82) is 0 Å². The fourth-order valence-electron chi connectivity index (χ4n) is 5.23. The molecule has 0 atom stereocenters. The van der Waals surface area contributed by atoms with Crippen molar-refractivity contribution in [3.63, 3.8) is 0 Å². The van der Waals surface area contributed by atoms with Crippen molar-refractivity contribution < 1.29 is 18.3 Å². The molecule has 0 radical (unpaired) electrons. The van der Waals surface area contributed by atoms with Gasteiger partial charge in [0.05, 0.1) is 29.4 Å². The van der Waals surface area contributed by atoms with E-state index in [1.165, 1.54) is 16.4 Å². The van der Waals surface area contributed by atoms with Crippen LogP contribution in [-0.4, -0.2) is 57.2 Å². The highest BCUT2D eigenvalue weighted by Crippen LogP contribution is 2.35. The van der Waals surface area contributed by atoms with Crippen LogP contribution in [0, 0.1) is 6.92 Å². The molecule has 0 bridgehead atoms. The Hall–Kier alpha value is -3.54. The Morgan fingerprint density at radius 1 is 1.15 bits per heavy atom. The molecule has 2 aromatic carbocycles. The summed E-state index contributed by atoms with van der Waals surface area (Å²) in [6.07, 6.45) is 4.19. The molecule has 1 aliphatic carbocycles. The fourth-order valence-corrected chi connectivity index (χ4v) is 6.68. The van der Waals surface area contributed by atoms with E-state index in [0.29, 0.717) is 29.1 Å². The summed E-state index contributed by atoms with van der Waals surface area (Å²) in [5, 5.41) is 14.4. The van der Waals surface area contributed by atoms with Crippen molar-refractivity contribution in [1.82, 2.24) is 23.9 Å². The predicted octanol–water partition coefficient (Wildman–Crippen LogP) is 3.63. The zero-order valence-electron chi connectivity index (χ0n) is 22.1. The molecule has 2 N–H and O–H groups in total. The van der Waals surface area contributed by atoms with Crippen LogP contribution in [0.1, 0.15) is 55.6 Å². The lowest BCUT2D eigenvalue weighted by Gasteiger charge is -2.22. The first-order valence-corrected chi connectivity index (χ1v) is 14.7. The summed E-state index contributed by atoms with van der Waals surface area (Å²) >= 11 is 0. The number of sulfonamides is 1. The first-order chi connectivity index (χ1) is 18.8. The number of aliphatic hydroxyl groups excluding tert-OH is 1. The van der Waals surface area contributed by atoms with E-state index in [1.54, 1.807) is 17.5 Å². The minimum Gasteiger partial charge on any atom is -0.493 e. The van der Waals surface area contributed by atoms with E-state index in [1.807, 2.05) is 37.3 Å². The second-order valence-corrected chi connectivity index (χ2v) is 11.7. The third kappa shape index (κ3) is 5.34. The molecule has 0 saturated heterocycles. The van der Waals surface area contributed by atoms with Gasteiger partial charge in [0.25, 0.3) is 5.56 Å². The summed E-state index contributed by atoms with van der Waals surface area (Å²) in [6.45, 7) is 3.67. The van der Waals surface area contributed by atoms with E-state index < -0.39 is 10.0 Å².